The van der Waals surface area contributed by atoms with E-state index in [9.17, 15) is 9.90 Å². The normalized spacial score (nSPS) is 20.7. The lowest BCUT2D eigenvalue weighted by Crippen LogP contribution is -2.48. The Bertz CT molecular complexity index is 506. The van der Waals surface area contributed by atoms with Gasteiger partial charge in [-0.25, -0.2) is 0 Å². The first kappa shape index (κ1) is 16.8. The molecule has 0 aromatic heterocycles. The topological polar surface area (TPSA) is 61.8 Å². The molecule has 1 fully saturated rings. The lowest BCUT2D eigenvalue weighted by Gasteiger charge is -2.28. The zero-order chi connectivity index (χ0) is 16.1. The van der Waals surface area contributed by atoms with Crippen molar-refractivity contribution in [1.29, 1.82) is 0 Å². The highest BCUT2D eigenvalue weighted by Crippen LogP contribution is 2.21. The Kier molecular flexibility index (Phi) is 5.80. The van der Waals surface area contributed by atoms with Gasteiger partial charge in [0.1, 0.15) is 5.75 Å². The van der Waals surface area contributed by atoms with E-state index in [2.05, 4.69) is 5.32 Å². The number of benzene rings is 1. The number of amides is 1. The van der Waals surface area contributed by atoms with Gasteiger partial charge in [-0.2, -0.15) is 0 Å². The van der Waals surface area contributed by atoms with Crippen LogP contribution in [0.1, 0.15) is 38.3 Å². The molecule has 0 spiro atoms. The van der Waals surface area contributed by atoms with E-state index in [0.29, 0.717) is 0 Å². The number of likely N-dealkylation sites (tertiary alicyclic amines) is 1. The molecule has 1 aliphatic rings. The van der Waals surface area contributed by atoms with Gasteiger partial charge in [0.15, 0.2) is 0 Å². The number of methoxy groups -OCH3 is 1. The number of nitrogens with one attached hydrogen (secondary N) is 1. The molecule has 5 nitrogen and oxygen atoms in total. The summed E-state index contributed by atoms with van der Waals surface area (Å²) in [6, 6.07) is 7.58. The van der Waals surface area contributed by atoms with Crippen molar-refractivity contribution in [1.82, 2.24) is 10.2 Å². The smallest absolute Gasteiger partial charge is 0.239 e. The van der Waals surface area contributed by atoms with Gasteiger partial charge < -0.3 is 14.7 Å². The molecule has 22 heavy (non-hydrogen) atoms. The van der Waals surface area contributed by atoms with Gasteiger partial charge in [0.05, 0.1) is 25.8 Å². The minimum absolute atomic E-state index is 0.0242. The van der Waals surface area contributed by atoms with Crippen molar-refractivity contribution in [2.24, 2.45) is 0 Å². The van der Waals surface area contributed by atoms with Gasteiger partial charge in [0.25, 0.3) is 0 Å². The summed E-state index contributed by atoms with van der Waals surface area (Å²) >= 11 is 0. The lowest BCUT2D eigenvalue weighted by atomic mass is 10.1. The standard InChI is InChI=1S/C17H26N2O3/c1-12(14-6-4-8-16(10-14)22-3)18-13(2)17(21)19-9-5-7-15(19)11-20/h4,6,8,10,12-13,15,18,20H,5,7,9,11H2,1-3H3/t12?,13?,15-/m1/s1. The van der Waals surface area contributed by atoms with Crippen molar-refractivity contribution >= 4 is 5.91 Å². The van der Waals surface area contributed by atoms with E-state index < -0.39 is 0 Å². The average Bonchev–Trinajstić information content (AvgIpc) is 3.02. The largest absolute Gasteiger partial charge is 0.497 e. The summed E-state index contributed by atoms with van der Waals surface area (Å²) in [5.41, 5.74) is 1.08. The number of hydrogen-bond donors (Lipinski definition) is 2. The number of nitrogens with zero attached hydrogens (tertiary/aromatic N) is 1. The predicted molar refractivity (Wildman–Crippen MR) is 85.8 cm³/mol. The number of hydrogen-bond acceptors (Lipinski definition) is 4. The first-order valence-electron chi connectivity index (χ1n) is 7.88. The molecule has 1 aliphatic heterocycles. The lowest BCUT2D eigenvalue weighted by molar-refractivity contribution is -0.134. The van der Waals surface area contributed by atoms with Crippen molar-refractivity contribution in [2.75, 3.05) is 20.3 Å². The monoisotopic (exact) mass is 306 g/mol. The molecule has 122 valence electrons. The molecule has 2 rings (SSSR count). The Labute approximate surface area is 132 Å². The molecule has 2 unspecified atom stereocenters. The molecular weight excluding hydrogens is 280 g/mol. The van der Waals surface area contributed by atoms with Crippen LogP contribution in [0.25, 0.3) is 0 Å². The quantitative estimate of drug-likeness (QED) is 0.840. The van der Waals surface area contributed by atoms with E-state index in [0.717, 1.165) is 30.7 Å². The summed E-state index contributed by atoms with van der Waals surface area (Å²) in [7, 11) is 1.64. The molecule has 1 aromatic rings. The van der Waals surface area contributed by atoms with E-state index in [-0.39, 0.29) is 30.6 Å². The maximum Gasteiger partial charge on any atom is 0.239 e. The molecule has 2 N–H and O–H groups in total. The van der Waals surface area contributed by atoms with E-state index in [4.69, 9.17) is 4.74 Å². The van der Waals surface area contributed by atoms with Crippen LogP contribution in [0.4, 0.5) is 0 Å². The molecule has 1 heterocycles. The SMILES string of the molecule is COc1cccc(C(C)NC(C)C(=O)N2CCC[C@@H]2CO)c1. The van der Waals surface area contributed by atoms with Crippen molar-refractivity contribution in [3.63, 3.8) is 0 Å². The predicted octanol–water partition coefficient (Wildman–Crippen LogP) is 1.72. The summed E-state index contributed by atoms with van der Waals surface area (Å²) in [6.45, 7) is 4.70. The second-order valence-electron chi connectivity index (χ2n) is 5.90. The zero-order valence-corrected chi connectivity index (χ0v) is 13.6. The summed E-state index contributed by atoms with van der Waals surface area (Å²) in [5.74, 6) is 0.872. The first-order chi connectivity index (χ1) is 10.6. The average molecular weight is 306 g/mol. The number of carbonyl (C=O) groups is 1. The van der Waals surface area contributed by atoms with E-state index in [1.807, 2.05) is 38.1 Å². The van der Waals surface area contributed by atoms with Gasteiger partial charge in [-0.05, 0) is 44.4 Å². The highest BCUT2D eigenvalue weighted by atomic mass is 16.5. The van der Waals surface area contributed by atoms with Crippen LogP contribution < -0.4 is 10.1 Å². The molecule has 1 saturated heterocycles. The second kappa shape index (κ2) is 7.61. The molecule has 1 amide bonds. The summed E-state index contributed by atoms with van der Waals surface area (Å²) < 4.78 is 5.24. The first-order valence-corrected chi connectivity index (χ1v) is 7.88. The Morgan fingerprint density at radius 2 is 2.27 bits per heavy atom. The van der Waals surface area contributed by atoms with Gasteiger partial charge >= 0.3 is 0 Å². The third kappa shape index (κ3) is 3.78. The highest BCUT2D eigenvalue weighted by molar-refractivity contribution is 5.82. The molecule has 0 aliphatic carbocycles. The van der Waals surface area contributed by atoms with E-state index >= 15 is 0 Å². The van der Waals surface area contributed by atoms with Crippen molar-refractivity contribution in [3.8, 4) is 5.75 Å². The number of carbonyl (C=O) groups excluding carboxylic acids is 1. The fraction of sp³-hybridized carbons (Fsp3) is 0.588. The maximum absolute atomic E-state index is 12.5. The minimum atomic E-state index is -0.284. The summed E-state index contributed by atoms with van der Waals surface area (Å²) in [4.78, 5) is 14.3. The van der Waals surface area contributed by atoms with Crippen LogP contribution in [0.2, 0.25) is 0 Å². The Morgan fingerprint density at radius 1 is 1.50 bits per heavy atom. The zero-order valence-electron chi connectivity index (χ0n) is 13.6. The Hall–Kier alpha value is -1.59. The molecule has 1 aromatic carbocycles. The number of aliphatic hydroxyl groups is 1. The van der Waals surface area contributed by atoms with Crippen molar-refractivity contribution in [3.05, 3.63) is 29.8 Å². The third-order valence-corrected chi connectivity index (χ3v) is 4.34. The number of aliphatic hydroxyl groups excluding tert-OH is 1. The molecule has 0 radical (unpaired) electrons. The van der Waals surface area contributed by atoms with Crippen LogP contribution in [0.5, 0.6) is 5.75 Å². The Balaban J connectivity index is 1.98. The third-order valence-electron chi connectivity index (χ3n) is 4.34. The highest BCUT2D eigenvalue weighted by Gasteiger charge is 2.31. The van der Waals surface area contributed by atoms with Gasteiger partial charge in [-0.15, -0.1) is 0 Å². The molecule has 5 heteroatoms. The number of rotatable bonds is 6. The van der Waals surface area contributed by atoms with Crippen LogP contribution in [-0.4, -0.2) is 48.3 Å². The van der Waals surface area contributed by atoms with Crippen LogP contribution in [0.3, 0.4) is 0 Å². The van der Waals surface area contributed by atoms with Gasteiger partial charge in [0.2, 0.25) is 5.91 Å². The fourth-order valence-corrected chi connectivity index (χ4v) is 3.02. The van der Waals surface area contributed by atoms with Crippen LogP contribution in [-0.2, 0) is 4.79 Å². The second-order valence-corrected chi connectivity index (χ2v) is 5.90. The molecule has 0 bridgehead atoms. The fourth-order valence-electron chi connectivity index (χ4n) is 3.02. The summed E-state index contributed by atoms with van der Waals surface area (Å²) in [6.07, 6.45) is 1.86. The minimum Gasteiger partial charge on any atom is -0.497 e. The van der Waals surface area contributed by atoms with Gasteiger partial charge in [-0.3, -0.25) is 10.1 Å². The number of ether oxygens (including phenoxy) is 1. The molecule has 0 saturated carbocycles. The molecule has 3 atom stereocenters. The van der Waals surface area contributed by atoms with Gasteiger partial charge in [-0.1, -0.05) is 12.1 Å². The van der Waals surface area contributed by atoms with Crippen molar-refractivity contribution < 1.29 is 14.6 Å². The summed E-state index contributed by atoms with van der Waals surface area (Å²) in [5, 5.41) is 12.7. The van der Waals surface area contributed by atoms with E-state index in [1.54, 1.807) is 12.0 Å². The van der Waals surface area contributed by atoms with E-state index in [1.165, 1.54) is 0 Å². The maximum atomic E-state index is 12.5. The van der Waals surface area contributed by atoms with Gasteiger partial charge in [0, 0.05) is 12.6 Å². The Morgan fingerprint density at radius 3 is 2.95 bits per heavy atom. The van der Waals surface area contributed by atoms with Crippen molar-refractivity contribution in [2.45, 2.75) is 44.8 Å². The van der Waals surface area contributed by atoms with Crippen LogP contribution in [0.15, 0.2) is 24.3 Å². The van der Waals surface area contributed by atoms with Crippen LogP contribution >= 0.6 is 0 Å². The van der Waals surface area contributed by atoms with Crippen LogP contribution in [0, 0.1) is 0 Å². The molecular formula is C17H26N2O3.